The molecule has 1 amide bonds. The average Bonchev–Trinajstić information content (AvgIpc) is 2.64. The van der Waals surface area contributed by atoms with E-state index in [1.165, 1.54) is 13.2 Å². The van der Waals surface area contributed by atoms with Crippen molar-refractivity contribution >= 4 is 5.91 Å². The second kappa shape index (κ2) is 4.59. The topological polar surface area (TPSA) is 38.3 Å². The van der Waals surface area contributed by atoms with E-state index < -0.39 is 5.41 Å². The molecule has 1 aromatic rings. The van der Waals surface area contributed by atoms with Gasteiger partial charge in [-0.1, -0.05) is 19.9 Å². The third-order valence-electron chi connectivity index (χ3n) is 3.81. The number of nitrogens with one attached hydrogen (secondary N) is 1. The van der Waals surface area contributed by atoms with Crippen LogP contribution < -0.4 is 10.1 Å². The SMILES string of the molecule is CCC1NC(=O)CC1(C)c1c(F)cccc1OC. The van der Waals surface area contributed by atoms with E-state index in [0.29, 0.717) is 17.7 Å². The van der Waals surface area contributed by atoms with Gasteiger partial charge in [-0.15, -0.1) is 0 Å². The van der Waals surface area contributed by atoms with E-state index in [0.717, 1.165) is 6.42 Å². The van der Waals surface area contributed by atoms with Gasteiger partial charge in [-0.05, 0) is 18.6 Å². The number of hydrogen-bond acceptors (Lipinski definition) is 2. The largest absolute Gasteiger partial charge is 0.496 e. The molecule has 0 saturated carbocycles. The predicted octanol–water partition coefficient (Wildman–Crippen LogP) is 2.39. The molecular formula is C14H18FNO2. The third-order valence-corrected chi connectivity index (χ3v) is 3.81. The highest BCUT2D eigenvalue weighted by atomic mass is 19.1. The van der Waals surface area contributed by atoms with Gasteiger partial charge in [0.1, 0.15) is 11.6 Å². The number of carbonyl (C=O) groups excluding carboxylic acids is 1. The summed E-state index contributed by atoms with van der Waals surface area (Å²) in [6.45, 7) is 3.90. The molecule has 2 unspecified atom stereocenters. The van der Waals surface area contributed by atoms with E-state index in [-0.39, 0.29) is 17.8 Å². The van der Waals surface area contributed by atoms with Gasteiger partial charge < -0.3 is 10.1 Å². The zero-order valence-corrected chi connectivity index (χ0v) is 10.9. The first-order valence-electron chi connectivity index (χ1n) is 6.15. The minimum absolute atomic E-state index is 0.0327. The molecule has 4 heteroatoms. The standard InChI is InChI=1S/C14H18FNO2/c1-4-11-14(2,8-12(17)16-11)13-9(15)6-5-7-10(13)18-3/h5-7,11H,4,8H2,1-3H3,(H,16,17). The number of methoxy groups -OCH3 is 1. The summed E-state index contributed by atoms with van der Waals surface area (Å²) >= 11 is 0. The van der Waals surface area contributed by atoms with Gasteiger partial charge in [0.25, 0.3) is 0 Å². The summed E-state index contributed by atoms with van der Waals surface area (Å²) in [4.78, 5) is 11.6. The second-order valence-electron chi connectivity index (χ2n) is 4.94. The van der Waals surface area contributed by atoms with Gasteiger partial charge in [-0.25, -0.2) is 4.39 Å². The van der Waals surface area contributed by atoms with E-state index in [1.54, 1.807) is 12.1 Å². The summed E-state index contributed by atoms with van der Waals surface area (Å²) in [5.41, 5.74) is -0.0552. The van der Waals surface area contributed by atoms with Crippen molar-refractivity contribution in [1.82, 2.24) is 5.32 Å². The Hall–Kier alpha value is -1.58. The van der Waals surface area contributed by atoms with Crippen LogP contribution in [0, 0.1) is 5.82 Å². The number of benzene rings is 1. The first-order valence-corrected chi connectivity index (χ1v) is 6.15. The highest BCUT2D eigenvalue weighted by Gasteiger charge is 2.46. The molecule has 1 saturated heterocycles. The summed E-state index contributed by atoms with van der Waals surface area (Å²) in [6.07, 6.45) is 1.06. The summed E-state index contributed by atoms with van der Waals surface area (Å²) < 4.78 is 19.4. The fourth-order valence-corrected chi connectivity index (χ4v) is 2.91. The Labute approximate surface area is 106 Å². The Kier molecular flexibility index (Phi) is 3.28. The minimum Gasteiger partial charge on any atom is -0.496 e. The maximum absolute atomic E-state index is 14.2. The average molecular weight is 251 g/mol. The normalized spacial score (nSPS) is 27.1. The highest BCUT2D eigenvalue weighted by Crippen LogP contribution is 2.42. The molecule has 3 nitrogen and oxygen atoms in total. The molecule has 1 N–H and O–H groups in total. The number of hydrogen-bond donors (Lipinski definition) is 1. The number of rotatable bonds is 3. The van der Waals surface area contributed by atoms with Crippen molar-refractivity contribution in [3.63, 3.8) is 0 Å². The van der Waals surface area contributed by atoms with Crippen LogP contribution in [0.15, 0.2) is 18.2 Å². The van der Waals surface area contributed by atoms with Gasteiger partial charge >= 0.3 is 0 Å². The number of carbonyl (C=O) groups is 1. The Morgan fingerprint density at radius 1 is 1.56 bits per heavy atom. The van der Waals surface area contributed by atoms with Crippen LogP contribution in [0.3, 0.4) is 0 Å². The van der Waals surface area contributed by atoms with Crippen LogP contribution in [0.5, 0.6) is 5.75 Å². The van der Waals surface area contributed by atoms with Gasteiger partial charge in [0.2, 0.25) is 5.91 Å². The van der Waals surface area contributed by atoms with Crippen LogP contribution in [0.25, 0.3) is 0 Å². The molecule has 0 radical (unpaired) electrons. The fraction of sp³-hybridized carbons (Fsp3) is 0.500. The fourth-order valence-electron chi connectivity index (χ4n) is 2.91. The molecule has 1 aliphatic heterocycles. The summed E-state index contributed by atoms with van der Waals surface area (Å²) in [6, 6.07) is 4.71. The van der Waals surface area contributed by atoms with Gasteiger partial charge in [-0.2, -0.15) is 0 Å². The van der Waals surface area contributed by atoms with E-state index in [4.69, 9.17) is 4.74 Å². The number of halogens is 1. The Bertz CT molecular complexity index is 475. The maximum Gasteiger partial charge on any atom is 0.221 e. The maximum atomic E-state index is 14.2. The van der Waals surface area contributed by atoms with Gasteiger partial charge in [0.05, 0.1) is 7.11 Å². The molecule has 2 rings (SSSR count). The Morgan fingerprint density at radius 2 is 2.28 bits per heavy atom. The molecular weight excluding hydrogens is 233 g/mol. The first-order chi connectivity index (χ1) is 8.52. The summed E-state index contributed by atoms with van der Waals surface area (Å²) in [7, 11) is 1.52. The van der Waals surface area contributed by atoms with Crippen LogP contribution in [-0.2, 0) is 10.2 Å². The molecule has 0 bridgehead atoms. The van der Waals surface area contributed by atoms with Crippen LogP contribution >= 0.6 is 0 Å². The van der Waals surface area contributed by atoms with Crippen molar-refractivity contribution in [3.05, 3.63) is 29.6 Å². The number of ether oxygens (including phenoxy) is 1. The lowest BCUT2D eigenvalue weighted by molar-refractivity contribution is -0.119. The lowest BCUT2D eigenvalue weighted by Gasteiger charge is -2.31. The van der Waals surface area contributed by atoms with E-state index in [1.807, 2.05) is 13.8 Å². The lowest BCUT2D eigenvalue weighted by Crippen LogP contribution is -2.38. The monoisotopic (exact) mass is 251 g/mol. The number of amides is 1. The van der Waals surface area contributed by atoms with Crippen LogP contribution in [-0.4, -0.2) is 19.1 Å². The van der Waals surface area contributed by atoms with Gasteiger partial charge in [0, 0.05) is 23.4 Å². The van der Waals surface area contributed by atoms with E-state index in [2.05, 4.69) is 5.32 Å². The molecule has 1 fully saturated rings. The van der Waals surface area contributed by atoms with Crippen molar-refractivity contribution in [1.29, 1.82) is 0 Å². The van der Waals surface area contributed by atoms with Crippen LogP contribution in [0.1, 0.15) is 32.3 Å². The van der Waals surface area contributed by atoms with E-state index >= 15 is 0 Å². The minimum atomic E-state index is -0.553. The predicted molar refractivity (Wildman–Crippen MR) is 67.1 cm³/mol. The van der Waals surface area contributed by atoms with Crippen LogP contribution in [0.2, 0.25) is 0 Å². The zero-order chi connectivity index (χ0) is 13.3. The molecule has 18 heavy (non-hydrogen) atoms. The summed E-state index contributed by atoms with van der Waals surface area (Å²) in [5.74, 6) is 0.161. The molecule has 0 aromatic heterocycles. The van der Waals surface area contributed by atoms with Crippen molar-refractivity contribution in [2.45, 2.75) is 38.1 Å². The molecule has 1 aromatic carbocycles. The van der Waals surface area contributed by atoms with Gasteiger partial charge in [0.15, 0.2) is 0 Å². The first kappa shape index (κ1) is 12.9. The Morgan fingerprint density at radius 3 is 2.89 bits per heavy atom. The van der Waals surface area contributed by atoms with E-state index in [9.17, 15) is 9.18 Å². The van der Waals surface area contributed by atoms with Crippen molar-refractivity contribution in [2.24, 2.45) is 0 Å². The third kappa shape index (κ3) is 1.85. The van der Waals surface area contributed by atoms with Crippen molar-refractivity contribution < 1.29 is 13.9 Å². The van der Waals surface area contributed by atoms with Crippen LogP contribution in [0.4, 0.5) is 4.39 Å². The van der Waals surface area contributed by atoms with Crippen molar-refractivity contribution in [3.8, 4) is 5.75 Å². The van der Waals surface area contributed by atoms with Gasteiger partial charge in [-0.3, -0.25) is 4.79 Å². The molecule has 1 heterocycles. The highest BCUT2D eigenvalue weighted by molar-refractivity contribution is 5.81. The smallest absolute Gasteiger partial charge is 0.221 e. The quantitative estimate of drug-likeness (QED) is 0.895. The molecule has 0 spiro atoms. The molecule has 1 aliphatic rings. The zero-order valence-electron chi connectivity index (χ0n) is 10.9. The van der Waals surface area contributed by atoms with Crippen molar-refractivity contribution in [2.75, 3.05) is 7.11 Å². The second-order valence-corrected chi connectivity index (χ2v) is 4.94. The molecule has 98 valence electrons. The Balaban J connectivity index is 2.56. The summed E-state index contributed by atoms with van der Waals surface area (Å²) in [5, 5.41) is 2.91. The lowest BCUT2D eigenvalue weighted by atomic mass is 9.74. The molecule has 0 aliphatic carbocycles. The molecule has 2 atom stereocenters.